The summed E-state index contributed by atoms with van der Waals surface area (Å²) in [6.45, 7) is 0. The highest BCUT2D eigenvalue weighted by molar-refractivity contribution is 7.92. The van der Waals surface area contributed by atoms with Gasteiger partial charge in [0.25, 0.3) is 5.91 Å². The van der Waals surface area contributed by atoms with E-state index in [1.807, 2.05) is 0 Å². The molecule has 2 aromatic heterocycles. The summed E-state index contributed by atoms with van der Waals surface area (Å²) in [5.74, 6) is -0.0505. The summed E-state index contributed by atoms with van der Waals surface area (Å²) < 4.78 is 44.6. The first-order chi connectivity index (χ1) is 14.1. The monoisotopic (exact) mass is 431 g/mol. The number of hydrogen-bond donors (Lipinski definition) is 1. The second kappa shape index (κ2) is 7.39. The highest BCUT2D eigenvalue weighted by atomic mass is 32.2. The SMILES string of the molecule is CN(c1nc2oc(-c3ccc(F)cc3)c(C(N)=O)c2cc1CCC1CC1)S(C)(=O)=O. The van der Waals surface area contributed by atoms with Crippen LogP contribution in [0, 0.1) is 11.7 Å². The van der Waals surface area contributed by atoms with Crippen LogP contribution in [-0.4, -0.2) is 32.6 Å². The number of aromatic nitrogens is 1. The zero-order chi connectivity index (χ0) is 21.6. The second-order valence-electron chi connectivity index (χ2n) is 7.71. The van der Waals surface area contributed by atoms with Crippen molar-refractivity contribution >= 4 is 32.8 Å². The molecule has 0 saturated heterocycles. The van der Waals surface area contributed by atoms with Gasteiger partial charge in [0.15, 0.2) is 0 Å². The molecule has 1 aliphatic rings. The summed E-state index contributed by atoms with van der Waals surface area (Å²) in [5.41, 5.74) is 7.06. The van der Waals surface area contributed by atoms with Crippen molar-refractivity contribution in [3.05, 3.63) is 47.3 Å². The van der Waals surface area contributed by atoms with Crippen LogP contribution in [0.15, 0.2) is 34.7 Å². The third-order valence-corrected chi connectivity index (χ3v) is 6.57. The van der Waals surface area contributed by atoms with Crippen LogP contribution >= 0.6 is 0 Å². The number of hydrogen-bond acceptors (Lipinski definition) is 5. The fourth-order valence-electron chi connectivity index (χ4n) is 3.48. The molecule has 0 spiro atoms. The highest BCUT2D eigenvalue weighted by Gasteiger charge is 2.27. The third-order valence-electron chi connectivity index (χ3n) is 5.41. The maximum atomic E-state index is 13.3. The van der Waals surface area contributed by atoms with Crippen LogP contribution in [-0.2, 0) is 16.4 Å². The second-order valence-corrected chi connectivity index (χ2v) is 9.73. The van der Waals surface area contributed by atoms with E-state index in [0.29, 0.717) is 28.9 Å². The van der Waals surface area contributed by atoms with Gasteiger partial charge >= 0.3 is 0 Å². The number of sulfonamides is 1. The molecule has 1 saturated carbocycles. The van der Waals surface area contributed by atoms with Gasteiger partial charge < -0.3 is 10.2 Å². The number of furan rings is 1. The molecule has 9 heteroatoms. The minimum absolute atomic E-state index is 0.101. The van der Waals surface area contributed by atoms with E-state index in [4.69, 9.17) is 10.2 Å². The lowest BCUT2D eigenvalue weighted by atomic mass is 10.0. The van der Waals surface area contributed by atoms with Crippen molar-refractivity contribution in [1.29, 1.82) is 0 Å². The molecule has 4 rings (SSSR count). The van der Waals surface area contributed by atoms with E-state index in [1.54, 1.807) is 6.07 Å². The molecule has 0 bridgehead atoms. The van der Waals surface area contributed by atoms with Gasteiger partial charge in [-0.05, 0) is 54.7 Å². The number of carbonyl (C=O) groups is 1. The Bertz CT molecular complexity index is 1230. The van der Waals surface area contributed by atoms with Gasteiger partial charge in [-0.15, -0.1) is 0 Å². The van der Waals surface area contributed by atoms with Crippen LogP contribution in [0.1, 0.15) is 35.2 Å². The zero-order valence-corrected chi connectivity index (χ0v) is 17.5. The Kier molecular flexibility index (Phi) is 5.01. The molecule has 158 valence electrons. The molecule has 1 aliphatic carbocycles. The van der Waals surface area contributed by atoms with Crippen molar-refractivity contribution in [2.24, 2.45) is 11.7 Å². The lowest BCUT2D eigenvalue weighted by Crippen LogP contribution is -2.27. The number of aryl methyl sites for hydroxylation is 1. The summed E-state index contributed by atoms with van der Waals surface area (Å²) in [6.07, 6.45) is 4.97. The first-order valence-electron chi connectivity index (χ1n) is 9.61. The van der Waals surface area contributed by atoms with E-state index in [0.717, 1.165) is 17.0 Å². The summed E-state index contributed by atoms with van der Waals surface area (Å²) in [6, 6.07) is 7.21. The molecule has 30 heavy (non-hydrogen) atoms. The minimum Gasteiger partial charge on any atom is -0.437 e. The highest BCUT2D eigenvalue weighted by Crippen LogP contribution is 2.38. The van der Waals surface area contributed by atoms with Gasteiger partial charge in [-0.2, -0.15) is 4.98 Å². The summed E-state index contributed by atoms with van der Waals surface area (Å²) in [4.78, 5) is 16.7. The average Bonchev–Trinajstić information content (AvgIpc) is 3.43. The van der Waals surface area contributed by atoms with Crippen LogP contribution in [0.5, 0.6) is 0 Å². The van der Waals surface area contributed by atoms with Crippen LogP contribution in [0.25, 0.3) is 22.4 Å². The number of benzene rings is 1. The lowest BCUT2D eigenvalue weighted by Gasteiger charge is -2.19. The Labute approximate surface area is 173 Å². The van der Waals surface area contributed by atoms with E-state index >= 15 is 0 Å². The molecule has 0 radical (unpaired) electrons. The standard InChI is InChI=1S/C21H22FN3O4S/c1-25(30(2,27)28)20-14(6-5-12-3-4-12)11-16-17(19(23)26)18(29-21(16)24-20)13-7-9-15(22)10-8-13/h7-12H,3-6H2,1-2H3,(H2,23,26). The lowest BCUT2D eigenvalue weighted by molar-refractivity contribution is 0.100. The topological polar surface area (TPSA) is 106 Å². The molecular weight excluding hydrogens is 409 g/mol. The van der Waals surface area contributed by atoms with E-state index in [-0.39, 0.29) is 22.9 Å². The number of anilines is 1. The minimum atomic E-state index is -3.55. The molecule has 2 N–H and O–H groups in total. The number of fused-ring (bicyclic) bond motifs is 1. The normalized spacial score (nSPS) is 14.2. The van der Waals surface area contributed by atoms with Crippen LogP contribution in [0.2, 0.25) is 0 Å². The Morgan fingerprint density at radius 1 is 1.30 bits per heavy atom. The number of rotatable bonds is 7. The summed E-state index contributed by atoms with van der Waals surface area (Å²) in [5, 5.41) is 0.415. The maximum Gasteiger partial charge on any atom is 0.253 e. The van der Waals surface area contributed by atoms with Crippen molar-refractivity contribution < 1.29 is 22.0 Å². The van der Waals surface area contributed by atoms with Crippen molar-refractivity contribution in [3.8, 4) is 11.3 Å². The molecular formula is C21H22FN3O4S. The van der Waals surface area contributed by atoms with Crippen LogP contribution in [0.4, 0.5) is 10.2 Å². The number of carbonyl (C=O) groups excluding carboxylic acids is 1. The largest absolute Gasteiger partial charge is 0.437 e. The van der Waals surface area contributed by atoms with Gasteiger partial charge in [0.1, 0.15) is 17.4 Å². The Hall–Kier alpha value is -2.94. The van der Waals surface area contributed by atoms with Crippen molar-refractivity contribution in [3.63, 3.8) is 0 Å². The van der Waals surface area contributed by atoms with E-state index in [2.05, 4.69) is 4.98 Å². The molecule has 0 aliphatic heterocycles. The van der Waals surface area contributed by atoms with Gasteiger partial charge in [0.2, 0.25) is 15.7 Å². The van der Waals surface area contributed by atoms with Gasteiger partial charge in [-0.1, -0.05) is 12.8 Å². The third kappa shape index (κ3) is 3.89. The van der Waals surface area contributed by atoms with Gasteiger partial charge in [0, 0.05) is 12.6 Å². The predicted octanol–water partition coefficient (Wildman–Crippen LogP) is 3.47. The summed E-state index contributed by atoms with van der Waals surface area (Å²) >= 11 is 0. The smallest absolute Gasteiger partial charge is 0.253 e. The number of pyridine rings is 1. The van der Waals surface area contributed by atoms with Crippen molar-refractivity contribution in [2.75, 3.05) is 17.6 Å². The fourth-order valence-corrected chi connectivity index (χ4v) is 3.96. The van der Waals surface area contributed by atoms with E-state index in [1.165, 1.54) is 44.2 Å². The molecule has 7 nitrogen and oxygen atoms in total. The first-order valence-corrected chi connectivity index (χ1v) is 11.5. The van der Waals surface area contributed by atoms with E-state index < -0.39 is 21.7 Å². The zero-order valence-electron chi connectivity index (χ0n) is 16.7. The number of halogens is 1. The van der Waals surface area contributed by atoms with Crippen molar-refractivity contribution in [1.82, 2.24) is 4.98 Å². The Balaban J connectivity index is 1.92. The maximum absolute atomic E-state index is 13.3. The molecule has 1 fully saturated rings. The molecule has 3 aromatic rings. The quantitative estimate of drug-likeness (QED) is 0.616. The van der Waals surface area contributed by atoms with Gasteiger partial charge in [-0.3, -0.25) is 9.10 Å². The summed E-state index contributed by atoms with van der Waals surface area (Å²) in [7, 11) is -2.12. The molecule has 1 aromatic carbocycles. The molecule has 2 heterocycles. The Morgan fingerprint density at radius 2 is 1.97 bits per heavy atom. The molecule has 0 atom stereocenters. The van der Waals surface area contributed by atoms with Crippen LogP contribution < -0.4 is 10.0 Å². The van der Waals surface area contributed by atoms with Gasteiger partial charge in [0.05, 0.1) is 17.2 Å². The first kappa shape index (κ1) is 20.3. The van der Waals surface area contributed by atoms with E-state index in [9.17, 15) is 17.6 Å². The molecule has 1 amide bonds. The van der Waals surface area contributed by atoms with Crippen LogP contribution in [0.3, 0.4) is 0 Å². The average molecular weight is 431 g/mol. The predicted molar refractivity (Wildman–Crippen MR) is 112 cm³/mol. The number of nitrogens with zero attached hydrogens (tertiary/aromatic N) is 2. The Morgan fingerprint density at radius 3 is 2.53 bits per heavy atom. The fraction of sp³-hybridized carbons (Fsp3) is 0.333. The van der Waals surface area contributed by atoms with Gasteiger partial charge in [-0.25, -0.2) is 12.8 Å². The number of nitrogens with two attached hydrogens (primary N) is 1. The molecule has 0 unspecified atom stereocenters. The number of amides is 1. The number of primary amides is 1. The van der Waals surface area contributed by atoms with Crippen molar-refractivity contribution in [2.45, 2.75) is 25.7 Å².